The van der Waals surface area contributed by atoms with E-state index in [-0.39, 0.29) is 17.8 Å². The molecule has 1 aromatic heterocycles. The molecular formula is C16H18N4O3. The van der Waals surface area contributed by atoms with Crippen molar-refractivity contribution in [3.63, 3.8) is 0 Å². The molecule has 0 saturated carbocycles. The lowest BCUT2D eigenvalue weighted by molar-refractivity contribution is -0.124. The molecule has 3 rings (SSSR count). The van der Waals surface area contributed by atoms with Gasteiger partial charge in [0.15, 0.2) is 5.76 Å². The number of furan rings is 1. The van der Waals surface area contributed by atoms with Crippen LogP contribution >= 0.6 is 0 Å². The van der Waals surface area contributed by atoms with Crippen LogP contribution in [-0.4, -0.2) is 24.5 Å². The average Bonchev–Trinajstić information content (AvgIpc) is 3.26. The van der Waals surface area contributed by atoms with Crippen LogP contribution in [-0.2, 0) is 4.79 Å². The molecule has 1 aliphatic heterocycles. The minimum atomic E-state index is -0.795. The SMILES string of the molecule is O=C(NC(C(=O)NC1CCNN1)c1ccccc1)c1ccco1. The van der Waals surface area contributed by atoms with Crippen molar-refractivity contribution in [2.24, 2.45) is 0 Å². The summed E-state index contributed by atoms with van der Waals surface area (Å²) in [5.41, 5.74) is 6.62. The summed E-state index contributed by atoms with van der Waals surface area (Å²) in [4.78, 5) is 24.8. The summed E-state index contributed by atoms with van der Waals surface area (Å²) in [6.45, 7) is 0.777. The minimum Gasteiger partial charge on any atom is -0.459 e. The third-order valence-electron chi connectivity index (χ3n) is 3.57. The highest BCUT2D eigenvalue weighted by Gasteiger charge is 2.26. The molecule has 1 fully saturated rings. The summed E-state index contributed by atoms with van der Waals surface area (Å²) in [5.74, 6) is -0.548. The van der Waals surface area contributed by atoms with E-state index >= 15 is 0 Å². The molecule has 0 spiro atoms. The predicted molar refractivity (Wildman–Crippen MR) is 83.0 cm³/mol. The molecule has 2 amide bonds. The minimum absolute atomic E-state index is 0.158. The summed E-state index contributed by atoms with van der Waals surface area (Å²) in [6.07, 6.45) is 2.04. The van der Waals surface area contributed by atoms with Crippen molar-refractivity contribution in [1.82, 2.24) is 21.5 Å². The first-order valence-electron chi connectivity index (χ1n) is 7.42. The zero-order valence-electron chi connectivity index (χ0n) is 12.4. The van der Waals surface area contributed by atoms with E-state index in [2.05, 4.69) is 21.5 Å². The molecule has 1 saturated heterocycles. The van der Waals surface area contributed by atoms with E-state index in [0.717, 1.165) is 13.0 Å². The van der Waals surface area contributed by atoms with Crippen molar-refractivity contribution in [2.75, 3.05) is 6.54 Å². The van der Waals surface area contributed by atoms with Gasteiger partial charge in [0.1, 0.15) is 6.04 Å². The fourth-order valence-electron chi connectivity index (χ4n) is 2.40. The second kappa shape index (κ2) is 7.08. The first-order valence-corrected chi connectivity index (χ1v) is 7.42. The molecule has 2 unspecified atom stereocenters. The van der Waals surface area contributed by atoms with Crippen molar-refractivity contribution < 1.29 is 14.0 Å². The summed E-state index contributed by atoms with van der Waals surface area (Å²) in [5, 5.41) is 5.59. The normalized spacial score (nSPS) is 18.3. The van der Waals surface area contributed by atoms with Crippen LogP contribution in [0.2, 0.25) is 0 Å². The summed E-state index contributed by atoms with van der Waals surface area (Å²) in [7, 11) is 0. The zero-order chi connectivity index (χ0) is 16.1. The lowest BCUT2D eigenvalue weighted by atomic mass is 10.1. The Balaban J connectivity index is 1.76. The molecule has 23 heavy (non-hydrogen) atoms. The third kappa shape index (κ3) is 3.77. The molecule has 2 atom stereocenters. The quantitative estimate of drug-likeness (QED) is 0.651. The maximum absolute atomic E-state index is 12.6. The summed E-state index contributed by atoms with van der Waals surface area (Å²) >= 11 is 0. The largest absolute Gasteiger partial charge is 0.459 e. The van der Waals surface area contributed by atoms with Crippen molar-refractivity contribution in [2.45, 2.75) is 18.6 Å². The Hall–Kier alpha value is -2.64. The highest BCUT2D eigenvalue weighted by atomic mass is 16.3. The van der Waals surface area contributed by atoms with Crippen LogP contribution in [0.5, 0.6) is 0 Å². The fraction of sp³-hybridized carbons (Fsp3) is 0.250. The van der Waals surface area contributed by atoms with Crippen molar-refractivity contribution >= 4 is 11.8 Å². The fourth-order valence-corrected chi connectivity index (χ4v) is 2.40. The van der Waals surface area contributed by atoms with E-state index in [1.165, 1.54) is 6.26 Å². The standard InChI is InChI=1S/C16H18N4O3/c21-15(12-7-4-10-23-12)19-14(11-5-2-1-3-6-11)16(22)18-13-8-9-17-20-13/h1-7,10,13-14,17,20H,8-9H2,(H,18,22)(H,19,21). The molecule has 7 heteroatoms. The lowest BCUT2D eigenvalue weighted by Crippen LogP contribution is -2.49. The number of amides is 2. The molecule has 1 aromatic carbocycles. The average molecular weight is 314 g/mol. The Morgan fingerprint density at radius 3 is 2.65 bits per heavy atom. The number of carbonyl (C=O) groups is 2. The monoisotopic (exact) mass is 314 g/mol. The number of benzene rings is 1. The smallest absolute Gasteiger partial charge is 0.287 e. The highest BCUT2D eigenvalue weighted by Crippen LogP contribution is 2.15. The van der Waals surface area contributed by atoms with Crippen molar-refractivity contribution in [3.05, 3.63) is 60.1 Å². The summed E-state index contributed by atoms with van der Waals surface area (Å²) < 4.78 is 5.08. The van der Waals surface area contributed by atoms with E-state index < -0.39 is 11.9 Å². The first kappa shape index (κ1) is 15.3. The van der Waals surface area contributed by atoms with E-state index in [4.69, 9.17) is 4.42 Å². The molecular weight excluding hydrogens is 296 g/mol. The van der Waals surface area contributed by atoms with E-state index in [9.17, 15) is 9.59 Å². The van der Waals surface area contributed by atoms with Gasteiger partial charge in [0.2, 0.25) is 5.91 Å². The van der Waals surface area contributed by atoms with Crippen molar-refractivity contribution in [3.8, 4) is 0 Å². The van der Waals surface area contributed by atoms with E-state index in [1.807, 2.05) is 18.2 Å². The number of hydrogen-bond acceptors (Lipinski definition) is 5. The molecule has 0 radical (unpaired) electrons. The van der Waals surface area contributed by atoms with Gasteiger partial charge in [-0.25, -0.2) is 5.43 Å². The molecule has 0 aliphatic carbocycles. The number of carbonyl (C=O) groups excluding carboxylic acids is 2. The number of rotatable bonds is 5. The highest BCUT2D eigenvalue weighted by molar-refractivity contribution is 5.95. The first-order chi connectivity index (χ1) is 11.2. The van der Waals surface area contributed by atoms with Gasteiger partial charge in [0.25, 0.3) is 5.91 Å². The topological polar surface area (TPSA) is 95.4 Å². The van der Waals surface area contributed by atoms with Gasteiger partial charge in [-0.3, -0.25) is 15.0 Å². The van der Waals surface area contributed by atoms with Crippen molar-refractivity contribution in [1.29, 1.82) is 0 Å². The maximum Gasteiger partial charge on any atom is 0.287 e. The van der Waals surface area contributed by atoms with Crippen LogP contribution in [0, 0.1) is 0 Å². The Labute approximate surface area is 133 Å². The van der Waals surface area contributed by atoms with Gasteiger partial charge < -0.3 is 15.1 Å². The maximum atomic E-state index is 12.6. The van der Waals surface area contributed by atoms with Gasteiger partial charge in [0, 0.05) is 6.54 Å². The molecule has 1 aliphatic rings. The molecule has 4 N–H and O–H groups in total. The lowest BCUT2D eigenvalue weighted by Gasteiger charge is -2.21. The Bertz CT molecular complexity index is 651. The Kier molecular flexibility index (Phi) is 4.70. The van der Waals surface area contributed by atoms with Gasteiger partial charge in [-0.05, 0) is 24.1 Å². The second-order valence-electron chi connectivity index (χ2n) is 5.22. The van der Waals surface area contributed by atoms with Gasteiger partial charge in [-0.1, -0.05) is 30.3 Å². The van der Waals surface area contributed by atoms with Crippen LogP contribution in [0.1, 0.15) is 28.6 Å². The van der Waals surface area contributed by atoms with Gasteiger partial charge in [0.05, 0.1) is 12.4 Å². The van der Waals surface area contributed by atoms with Crippen LogP contribution < -0.4 is 21.5 Å². The van der Waals surface area contributed by atoms with E-state index in [0.29, 0.717) is 5.56 Å². The van der Waals surface area contributed by atoms with Crippen LogP contribution in [0.15, 0.2) is 53.1 Å². The molecule has 2 aromatic rings. The third-order valence-corrected chi connectivity index (χ3v) is 3.57. The molecule has 120 valence electrons. The molecule has 7 nitrogen and oxygen atoms in total. The predicted octanol–water partition coefficient (Wildman–Crippen LogP) is 0.691. The van der Waals surface area contributed by atoms with E-state index in [1.54, 1.807) is 24.3 Å². The zero-order valence-corrected chi connectivity index (χ0v) is 12.4. The number of hydrazine groups is 1. The molecule has 2 heterocycles. The summed E-state index contributed by atoms with van der Waals surface area (Å²) in [6, 6.07) is 11.5. The van der Waals surface area contributed by atoms with Crippen LogP contribution in [0.4, 0.5) is 0 Å². The van der Waals surface area contributed by atoms with Gasteiger partial charge in [-0.15, -0.1) is 0 Å². The second-order valence-corrected chi connectivity index (χ2v) is 5.22. The molecule has 0 bridgehead atoms. The Morgan fingerprint density at radius 2 is 2.00 bits per heavy atom. The van der Waals surface area contributed by atoms with Crippen LogP contribution in [0.3, 0.4) is 0 Å². The van der Waals surface area contributed by atoms with Gasteiger partial charge >= 0.3 is 0 Å². The number of nitrogens with one attached hydrogen (secondary N) is 4. The van der Waals surface area contributed by atoms with Gasteiger partial charge in [-0.2, -0.15) is 0 Å². The Morgan fingerprint density at radius 1 is 1.17 bits per heavy atom. The number of hydrogen-bond donors (Lipinski definition) is 4. The van der Waals surface area contributed by atoms with Crippen LogP contribution in [0.25, 0.3) is 0 Å².